The summed E-state index contributed by atoms with van der Waals surface area (Å²) < 4.78 is 0.601. The van der Waals surface area contributed by atoms with E-state index in [0.29, 0.717) is 23.1 Å². The summed E-state index contributed by atoms with van der Waals surface area (Å²) in [6.07, 6.45) is 1.24. The summed E-state index contributed by atoms with van der Waals surface area (Å²) in [5.41, 5.74) is 0.297. The van der Waals surface area contributed by atoms with Crippen molar-refractivity contribution in [2.75, 3.05) is 11.4 Å². The van der Waals surface area contributed by atoms with E-state index in [2.05, 4.69) is 15.9 Å². The number of carbonyl (C=O) groups is 1. The number of nitro groups is 1. The third-order valence-corrected chi connectivity index (χ3v) is 3.47. The van der Waals surface area contributed by atoms with Gasteiger partial charge in [-0.05, 0) is 25.0 Å². The van der Waals surface area contributed by atoms with Crippen LogP contribution < -0.4 is 4.90 Å². The summed E-state index contributed by atoms with van der Waals surface area (Å²) in [5.74, 6) is -0.940. The summed E-state index contributed by atoms with van der Waals surface area (Å²) in [6.45, 7) is 0.527. The van der Waals surface area contributed by atoms with E-state index in [0.717, 1.165) is 6.42 Å². The fourth-order valence-corrected chi connectivity index (χ4v) is 2.55. The maximum absolute atomic E-state index is 11.1. The van der Waals surface area contributed by atoms with Crippen molar-refractivity contribution < 1.29 is 14.8 Å². The van der Waals surface area contributed by atoms with E-state index >= 15 is 0 Å². The molecular formula is C11H11BrN2O4. The number of anilines is 1. The average Bonchev–Trinajstić information content (AvgIpc) is 2.77. The van der Waals surface area contributed by atoms with Crippen LogP contribution in [0.5, 0.6) is 0 Å². The molecule has 7 heteroatoms. The normalized spacial score (nSPS) is 18.9. The van der Waals surface area contributed by atoms with Crippen LogP contribution >= 0.6 is 15.9 Å². The van der Waals surface area contributed by atoms with Crippen molar-refractivity contribution in [1.29, 1.82) is 0 Å². The number of hydrogen-bond donors (Lipinski definition) is 1. The van der Waals surface area contributed by atoms with Gasteiger partial charge in [0.15, 0.2) is 0 Å². The summed E-state index contributed by atoms with van der Waals surface area (Å²) in [6, 6.07) is 3.99. The Hall–Kier alpha value is -1.63. The number of carboxylic acids is 1. The summed E-state index contributed by atoms with van der Waals surface area (Å²) in [4.78, 5) is 23.2. The van der Waals surface area contributed by atoms with Gasteiger partial charge >= 0.3 is 5.97 Å². The number of benzene rings is 1. The average molecular weight is 315 g/mol. The first-order valence-electron chi connectivity index (χ1n) is 5.44. The highest BCUT2D eigenvalue weighted by molar-refractivity contribution is 9.10. The van der Waals surface area contributed by atoms with Gasteiger partial charge in [0, 0.05) is 17.1 Å². The Labute approximate surface area is 111 Å². The van der Waals surface area contributed by atoms with E-state index in [9.17, 15) is 14.9 Å². The van der Waals surface area contributed by atoms with Crippen molar-refractivity contribution >= 4 is 33.3 Å². The molecule has 1 heterocycles. The Morgan fingerprint density at radius 2 is 2.28 bits per heavy atom. The molecule has 0 bridgehead atoms. The fraction of sp³-hybridized carbons (Fsp3) is 0.364. The van der Waals surface area contributed by atoms with Gasteiger partial charge in [-0.25, -0.2) is 4.79 Å². The first-order chi connectivity index (χ1) is 8.50. The van der Waals surface area contributed by atoms with Crippen LogP contribution in [0.15, 0.2) is 22.7 Å². The third-order valence-electron chi connectivity index (χ3n) is 2.98. The van der Waals surface area contributed by atoms with Gasteiger partial charge in [0.25, 0.3) is 5.69 Å². The quantitative estimate of drug-likeness (QED) is 0.684. The van der Waals surface area contributed by atoms with Crippen molar-refractivity contribution in [3.63, 3.8) is 0 Å². The standard InChI is InChI=1S/C11H11BrN2O4/c12-7-3-4-8(10(6-7)14(17)18)13-5-1-2-9(13)11(15)16/h3-4,6,9H,1-2,5H2,(H,15,16)/t9-/m1/s1. The van der Waals surface area contributed by atoms with E-state index in [1.807, 2.05) is 0 Å². The van der Waals surface area contributed by atoms with Gasteiger partial charge in [-0.15, -0.1) is 0 Å². The molecule has 0 amide bonds. The van der Waals surface area contributed by atoms with Gasteiger partial charge in [-0.3, -0.25) is 10.1 Å². The summed E-state index contributed by atoms with van der Waals surface area (Å²) in [7, 11) is 0. The molecule has 1 aromatic carbocycles. The molecule has 1 fully saturated rings. The highest BCUT2D eigenvalue weighted by Gasteiger charge is 2.34. The molecule has 1 atom stereocenters. The lowest BCUT2D eigenvalue weighted by Gasteiger charge is -2.23. The van der Waals surface area contributed by atoms with Crippen LogP contribution in [-0.4, -0.2) is 28.6 Å². The van der Waals surface area contributed by atoms with E-state index in [1.165, 1.54) is 6.07 Å². The summed E-state index contributed by atoms with van der Waals surface area (Å²) >= 11 is 3.18. The number of aliphatic carboxylic acids is 1. The zero-order valence-corrected chi connectivity index (χ0v) is 11.0. The molecular weight excluding hydrogens is 304 g/mol. The molecule has 96 valence electrons. The van der Waals surface area contributed by atoms with Gasteiger partial charge in [-0.1, -0.05) is 15.9 Å². The zero-order chi connectivity index (χ0) is 13.3. The van der Waals surface area contributed by atoms with E-state index in [-0.39, 0.29) is 5.69 Å². The molecule has 18 heavy (non-hydrogen) atoms. The molecule has 0 unspecified atom stereocenters. The molecule has 6 nitrogen and oxygen atoms in total. The number of hydrogen-bond acceptors (Lipinski definition) is 4. The lowest BCUT2D eigenvalue weighted by Crippen LogP contribution is -2.36. The monoisotopic (exact) mass is 314 g/mol. The maximum atomic E-state index is 11.1. The minimum atomic E-state index is -0.940. The van der Waals surface area contributed by atoms with Gasteiger partial charge < -0.3 is 10.0 Å². The second-order valence-electron chi connectivity index (χ2n) is 4.08. The summed E-state index contributed by atoms with van der Waals surface area (Å²) in [5, 5.41) is 20.1. The van der Waals surface area contributed by atoms with Gasteiger partial charge in [-0.2, -0.15) is 0 Å². The molecule has 1 saturated heterocycles. The number of nitro benzene ring substituents is 1. The molecule has 0 radical (unpaired) electrons. The van der Waals surface area contributed by atoms with E-state index in [4.69, 9.17) is 5.11 Å². The van der Waals surface area contributed by atoms with Crippen molar-refractivity contribution in [1.82, 2.24) is 0 Å². The highest BCUT2D eigenvalue weighted by atomic mass is 79.9. The highest BCUT2D eigenvalue weighted by Crippen LogP contribution is 2.35. The molecule has 1 aromatic rings. The Balaban J connectivity index is 2.44. The first-order valence-corrected chi connectivity index (χ1v) is 6.23. The topological polar surface area (TPSA) is 83.7 Å². The molecule has 0 saturated carbocycles. The van der Waals surface area contributed by atoms with Crippen molar-refractivity contribution in [2.24, 2.45) is 0 Å². The lowest BCUT2D eigenvalue weighted by atomic mass is 10.2. The Bertz CT molecular complexity index is 506. The van der Waals surface area contributed by atoms with Gasteiger partial charge in [0.1, 0.15) is 11.7 Å². The largest absolute Gasteiger partial charge is 0.480 e. The van der Waals surface area contributed by atoms with Gasteiger partial charge in [0.05, 0.1) is 4.92 Å². The molecule has 0 aliphatic carbocycles. The van der Waals surface area contributed by atoms with E-state index in [1.54, 1.807) is 17.0 Å². The Kier molecular flexibility index (Phi) is 3.51. The minimum Gasteiger partial charge on any atom is -0.480 e. The number of nitrogens with zero attached hydrogens (tertiary/aromatic N) is 2. The van der Waals surface area contributed by atoms with Crippen LogP contribution in [0.3, 0.4) is 0 Å². The molecule has 2 rings (SSSR count). The van der Waals surface area contributed by atoms with E-state index < -0.39 is 16.9 Å². The van der Waals surface area contributed by atoms with Crippen molar-refractivity contribution in [3.8, 4) is 0 Å². The first kappa shape index (κ1) is 12.8. The molecule has 0 aromatic heterocycles. The van der Waals surface area contributed by atoms with Crippen LogP contribution in [0.25, 0.3) is 0 Å². The van der Waals surface area contributed by atoms with Crippen LogP contribution in [0.2, 0.25) is 0 Å². The van der Waals surface area contributed by atoms with Crippen molar-refractivity contribution in [3.05, 3.63) is 32.8 Å². The zero-order valence-electron chi connectivity index (χ0n) is 9.38. The third kappa shape index (κ3) is 2.31. The molecule has 1 aliphatic heterocycles. The predicted molar refractivity (Wildman–Crippen MR) is 68.8 cm³/mol. The van der Waals surface area contributed by atoms with Crippen molar-refractivity contribution in [2.45, 2.75) is 18.9 Å². The van der Waals surface area contributed by atoms with Gasteiger partial charge in [0.2, 0.25) is 0 Å². The van der Waals surface area contributed by atoms with Crippen LogP contribution in [0, 0.1) is 10.1 Å². The molecule has 1 N–H and O–H groups in total. The lowest BCUT2D eigenvalue weighted by molar-refractivity contribution is -0.384. The van der Waals surface area contributed by atoms with Crippen LogP contribution in [-0.2, 0) is 4.79 Å². The van der Waals surface area contributed by atoms with Crippen LogP contribution in [0.1, 0.15) is 12.8 Å². The minimum absolute atomic E-state index is 0.0717. The Morgan fingerprint density at radius 1 is 1.56 bits per heavy atom. The molecule has 1 aliphatic rings. The number of rotatable bonds is 3. The fourth-order valence-electron chi connectivity index (χ4n) is 2.20. The maximum Gasteiger partial charge on any atom is 0.326 e. The van der Waals surface area contributed by atoms with Crippen LogP contribution in [0.4, 0.5) is 11.4 Å². The second kappa shape index (κ2) is 4.93. The SMILES string of the molecule is O=C(O)[C@H]1CCCN1c1ccc(Br)cc1[N+](=O)[O-]. The predicted octanol–water partition coefficient (Wildman–Crippen LogP) is 2.41. The number of carboxylic acid groups (broad SMARTS) is 1. The number of halogens is 1. The second-order valence-corrected chi connectivity index (χ2v) is 5.00. The Morgan fingerprint density at radius 3 is 2.89 bits per heavy atom. The molecule has 0 spiro atoms. The smallest absolute Gasteiger partial charge is 0.326 e.